The van der Waals surface area contributed by atoms with Crippen molar-refractivity contribution in [1.82, 2.24) is 10.2 Å². The van der Waals surface area contributed by atoms with Gasteiger partial charge < -0.3 is 19.9 Å². The average Bonchev–Trinajstić information content (AvgIpc) is 2.78. The molecule has 3 rings (SSSR count). The molecule has 2 aromatic carbocycles. The van der Waals surface area contributed by atoms with Gasteiger partial charge in [0.25, 0.3) is 5.91 Å². The number of rotatable bonds is 6. The highest BCUT2D eigenvalue weighted by molar-refractivity contribution is 5.97. The standard InChI is InChI=1S/C25H33N3O3/c1-17(2)23(26-24(29)20-9-11-21(31-5)12-10-20)25(30)28-15-13-27(14-16-28)22-8-6-7-18(3)19(22)4/h6-12,17,23H,13-16H2,1-5H3,(H,26,29)/t23-/m1/s1. The van der Waals surface area contributed by atoms with E-state index in [2.05, 4.69) is 42.3 Å². The number of piperazine rings is 1. The third kappa shape index (κ3) is 5.19. The maximum atomic E-state index is 13.2. The first-order chi connectivity index (χ1) is 14.8. The van der Waals surface area contributed by atoms with Gasteiger partial charge in [0, 0.05) is 37.4 Å². The molecular weight excluding hydrogens is 390 g/mol. The number of ether oxygens (including phenoxy) is 1. The molecule has 0 aliphatic carbocycles. The van der Waals surface area contributed by atoms with Crippen molar-refractivity contribution in [3.8, 4) is 5.75 Å². The Morgan fingerprint density at radius 1 is 0.968 bits per heavy atom. The summed E-state index contributed by atoms with van der Waals surface area (Å²) < 4.78 is 5.14. The van der Waals surface area contributed by atoms with Gasteiger partial charge >= 0.3 is 0 Å². The Hall–Kier alpha value is -3.02. The Labute approximate surface area is 185 Å². The van der Waals surface area contributed by atoms with E-state index in [0.29, 0.717) is 24.4 Å². The second-order valence-corrected chi connectivity index (χ2v) is 8.46. The van der Waals surface area contributed by atoms with Gasteiger partial charge in [-0.3, -0.25) is 9.59 Å². The molecule has 6 nitrogen and oxygen atoms in total. The van der Waals surface area contributed by atoms with Gasteiger partial charge in [-0.05, 0) is 61.2 Å². The number of aryl methyl sites for hydroxylation is 1. The molecule has 2 aromatic rings. The fourth-order valence-corrected chi connectivity index (χ4v) is 3.92. The number of benzene rings is 2. The van der Waals surface area contributed by atoms with Crippen LogP contribution in [-0.4, -0.2) is 56.0 Å². The number of amides is 2. The van der Waals surface area contributed by atoms with Crippen LogP contribution in [0.25, 0.3) is 0 Å². The number of hydrogen-bond acceptors (Lipinski definition) is 4. The van der Waals surface area contributed by atoms with E-state index in [4.69, 9.17) is 4.74 Å². The van der Waals surface area contributed by atoms with E-state index in [1.165, 1.54) is 16.8 Å². The predicted octanol–water partition coefficient (Wildman–Crippen LogP) is 3.42. The molecule has 1 N–H and O–H groups in total. The fourth-order valence-electron chi connectivity index (χ4n) is 3.92. The molecule has 6 heteroatoms. The maximum Gasteiger partial charge on any atom is 0.251 e. The summed E-state index contributed by atoms with van der Waals surface area (Å²) in [5, 5.41) is 2.94. The lowest BCUT2D eigenvalue weighted by atomic mass is 10.0. The Balaban J connectivity index is 1.64. The monoisotopic (exact) mass is 423 g/mol. The molecular formula is C25H33N3O3. The summed E-state index contributed by atoms with van der Waals surface area (Å²) in [6.07, 6.45) is 0. The van der Waals surface area contributed by atoms with Gasteiger partial charge in [0.2, 0.25) is 5.91 Å². The Bertz CT molecular complexity index is 916. The highest BCUT2D eigenvalue weighted by Crippen LogP contribution is 2.24. The molecule has 0 aromatic heterocycles. The first-order valence-corrected chi connectivity index (χ1v) is 10.9. The van der Waals surface area contributed by atoms with Crippen LogP contribution in [0.5, 0.6) is 5.75 Å². The molecule has 1 aliphatic heterocycles. The van der Waals surface area contributed by atoms with Gasteiger partial charge in [-0.25, -0.2) is 0 Å². The van der Waals surface area contributed by atoms with E-state index in [0.717, 1.165) is 13.1 Å². The van der Waals surface area contributed by atoms with Crippen molar-refractivity contribution in [3.63, 3.8) is 0 Å². The van der Waals surface area contributed by atoms with Crippen LogP contribution < -0.4 is 15.0 Å². The van der Waals surface area contributed by atoms with Gasteiger partial charge in [-0.1, -0.05) is 26.0 Å². The zero-order valence-corrected chi connectivity index (χ0v) is 19.1. The van der Waals surface area contributed by atoms with Gasteiger partial charge in [0.1, 0.15) is 11.8 Å². The highest BCUT2D eigenvalue weighted by Gasteiger charge is 2.31. The van der Waals surface area contributed by atoms with Crippen LogP contribution in [0.4, 0.5) is 5.69 Å². The molecule has 0 radical (unpaired) electrons. The summed E-state index contributed by atoms with van der Waals surface area (Å²) in [7, 11) is 1.59. The molecule has 1 saturated heterocycles. The molecule has 0 unspecified atom stereocenters. The van der Waals surface area contributed by atoms with Crippen molar-refractivity contribution in [2.24, 2.45) is 5.92 Å². The zero-order valence-electron chi connectivity index (χ0n) is 19.1. The Morgan fingerprint density at radius 2 is 1.61 bits per heavy atom. The third-order valence-corrected chi connectivity index (χ3v) is 6.08. The second kappa shape index (κ2) is 9.86. The molecule has 1 fully saturated rings. The van der Waals surface area contributed by atoms with Crippen LogP contribution in [-0.2, 0) is 4.79 Å². The van der Waals surface area contributed by atoms with Gasteiger partial charge in [0.15, 0.2) is 0 Å². The lowest BCUT2D eigenvalue weighted by Gasteiger charge is -2.39. The van der Waals surface area contributed by atoms with Gasteiger partial charge in [-0.2, -0.15) is 0 Å². The minimum Gasteiger partial charge on any atom is -0.497 e. The Kier molecular flexibility index (Phi) is 7.21. The van der Waals surface area contributed by atoms with Crippen LogP contribution in [0.3, 0.4) is 0 Å². The molecule has 31 heavy (non-hydrogen) atoms. The first kappa shape index (κ1) is 22.7. The van der Waals surface area contributed by atoms with Crippen molar-refractivity contribution in [2.75, 3.05) is 38.2 Å². The molecule has 0 spiro atoms. The SMILES string of the molecule is COc1ccc(C(=O)N[C@@H](C(=O)N2CCN(c3cccc(C)c3C)CC2)C(C)C)cc1. The van der Waals surface area contributed by atoms with Crippen molar-refractivity contribution in [2.45, 2.75) is 33.7 Å². The van der Waals surface area contributed by atoms with E-state index < -0.39 is 6.04 Å². The normalized spacial score (nSPS) is 15.0. The summed E-state index contributed by atoms with van der Waals surface area (Å²) in [4.78, 5) is 30.2. The van der Waals surface area contributed by atoms with Crippen molar-refractivity contribution < 1.29 is 14.3 Å². The van der Waals surface area contributed by atoms with Gasteiger partial charge in [-0.15, -0.1) is 0 Å². The molecule has 1 heterocycles. The van der Waals surface area contributed by atoms with E-state index in [1.54, 1.807) is 31.4 Å². The lowest BCUT2D eigenvalue weighted by Crippen LogP contribution is -2.56. The van der Waals surface area contributed by atoms with E-state index in [1.807, 2.05) is 18.7 Å². The summed E-state index contributed by atoms with van der Waals surface area (Å²) >= 11 is 0. The van der Waals surface area contributed by atoms with Gasteiger partial charge in [0.05, 0.1) is 7.11 Å². The second-order valence-electron chi connectivity index (χ2n) is 8.46. The summed E-state index contributed by atoms with van der Waals surface area (Å²) in [6.45, 7) is 11.1. The molecule has 0 saturated carbocycles. The average molecular weight is 424 g/mol. The molecule has 166 valence electrons. The molecule has 0 bridgehead atoms. The number of methoxy groups -OCH3 is 1. The molecule has 1 atom stereocenters. The van der Waals surface area contributed by atoms with Crippen molar-refractivity contribution in [3.05, 3.63) is 59.2 Å². The minimum atomic E-state index is -0.554. The zero-order chi connectivity index (χ0) is 22.5. The largest absolute Gasteiger partial charge is 0.497 e. The number of nitrogens with one attached hydrogen (secondary N) is 1. The smallest absolute Gasteiger partial charge is 0.251 e. The van der Waals surface area contributed by atoms with Crippen LogP contribution in [0.1, 0.15) is 35.3 Å². The minimum absolute atomic E-state index is 0.00764. The lowest BCUT2D eigenvalue weighted by molar-refractivity contribution is -0.134. The summed E-state index contributed by atoms with van der Waals surface area (Å²) in [5.74, 6) is 0.419. The maximum absolute atomic E-state index is 13.2. The number of hydrogen-bond donors (Lipinski definition) is 1. The van der Waals surface area contributed by atoms with Crippen LogP contribution in [0.15, 0.2) is 42.5 Å². The summed E-state index contributed by atoms with van der Waals surface area (Å²) in [5.41, 5.74) is 4.31. The number of nitrogens with zero attached hydrogens (tertiary/aromatic N) is 2. The van der Waals surface area contributed by atoms with Crippen LogP contribution in [0.2, 0.25) is 0 Å². The van der Waals surface area contributed by atoms with E-state index >= 15 is 0 Å². The quantitative estimate of drug-likeness (QED) is 0.773. The molecule has 2 amide bonds. The predicted molar refractivity (Wildman–Crippen MR) is 124 cm³/mol. The van der Waals surface area contributed by atoms with Crippen LogP contribution in [0, 0.1) is 19.8 Å². The Morgan fingerprint density at radius 3 is 2.19 bits per heavy atom. The van der Waals surface area contributed by atoms with E-state index in [9.17, 15) is 9.59 Å². The number of anilines is 1. The topological polar surface area (TPSA) is 61.9 Å². The number of carbonyl (C=O) groups is 2. The van der Waals surface area contributed by atoms with Crippen LogP contribution >= 0.6 is 0 Å². The van der Waals surface area contributed by atoms with E-state index in [-0.39, 0.29) is 17.7 Å². The third-order valence-electron chi connectivity index (χ3n) is 6.08. The summed E-state index contributed by atoms with van der Waals surface area (Å²) in [6, 6.07) is 12.7. The van der Waals surface area contributed by atoms with Crippen molar-refractivity contribution >= 4 is 17.5 Å². The first-order valence-electron chi connectivity index (χ1n) is 10.9. The highest BCUT2D eigenvalue weighted by atomic mass is 16.5. The molecule has 1 aliphatic rings. The van der Waals surface area contributed by atoms with Crippen molar-refractivity contribution in [1.29, 1.82) is 0 Å². The fraction of sp³-hybridized carbons (Fsp3) is 0.440. The number of carbonyl (C=O) groups excluding carboxylic acids is 2.